The number of halogens is 2. The largest absolute Gasteiger partial charge is 0.322 e. The predicted octanol–water partition coefficient (Wildman–Crippen LogP) is 5.06. The van der Waals surface area contributed by atoms with Crippen LogP contribution in [0.1, 0.15) is 26.5 Å². The number of carbonyl (C=O) groups is 2. The lowest BCUT2D eigenvalue weighted by Crippen LogP contribution is -2.37. The van der Waals surface area contributed by atoms with Gasteiger partial charge in [0.05, 0.1) is 11.4 Å². The highest BCUT2D eigenvalue weighted by molar-refractivity contribution is 6.30. The normalized spacial score (nSPS) is 11.2. The zero-order chi connectivity index (χ0) is 23.5. The van der Waals surface area contributed by atoms with Gasteiger partial charge in [-0.05, 0) is 42.5 Å². The van der Waals surface area contributed by atoms with Gasteiger partial charge in [0.2, 0.25) is 5.91 Å². The Labute approximate surface area is 191 Å². The highest BCUT2D eigenvalue weighted by Gasteiger charge is 2.22. The number of urea groups is 1. The second-order valence-electron chi connectivity index (χ2n) is 8.40. The molecule has 3 rings (SSSR count). The van der Waals surface area contributed by atoms with E-state index in [1.165, 1.54) is 30.1 Å². The fraction of sp³-hybridized carbons (Fsp3) is 0.261. The van der Waals surface area contributed by atoms with Crippen molar-refractivity contribution >= 4 is 35.0 Å². The Kier molecular flexibility index (Phi) is 6.84. The third-order valence-corrected chi connectivity index (χ3v) is 4.87. The Morgan fingerprint density at radius 3 is 2.41 bits per heavy atom. The standard InChI is InChI=1S/C23H25ClFN5O2/c1-23(2,3)19-13-20(30(28-19)18-10-8-15(24)9-11-18)27-21(31)14-29(4)22(32)26-17-7-5-6-16(25)12-17/h5-13H,14H2,1-4H3,(H,26,32)(H,27,31). The first-order chi connectivity index (χ1) is 15.0. The molecule has 0 atom stereocenters. The second-order valence-corrected chi connectivity index (χ2v) is 8.83. The number of carbonyl (C=O) groups excluding carboxylic acids is 2. The molecule has 3 amide bonds. The molecule has 0 saturated heterocycles. The molecule has 9 heteroatoms. The van der Waals surface area contributed by atoms with Crippen molar-refractivity contribution in [2.24, 2.45) is 0 Å². The smallest absolute Gasteiger partial charge is 0.318 e. The summed E-state index contributed by atoms with van der Waals surface area (Å²) in [5.74, 6) is -0.396. The molecule has 0 aliphatic rings. The van der Waals surface area contributed by atoms with Crippen LogP contribution in [0, 0.1) is 5.82 Å². The Morgan fingerprint density at radius 1 is 1.09 bits per heavy atom. The van der Waals surface area contributed by atoms with Crippen LogP contribution in [0.3, 0.4) is 0 Å². The molecular formula is C23H25ClFN5O2. The Balaban J connectivity index is 1.74. The lowest BCUT2D eigenvalue weighted by atomic mass is 9.92. The number of likely N-dealkylation sites (N-methyl/N-ethyl adjacent to an activating group) is 1. The van der Waals surface area contributed by atoms with Gasteiger partial charge in [-0.1, -0.05) is 38.4 Å². The van der Waals surface area contributed by atoms with Crippen molar-refractivity contribution in [2.45, 2.75) is 26.2 Å². The summed E-state index contributed by atoms with van der Waals surface area (Å²) < 4.78 is 14.9. The Bertz CT molecular complexity index is 1120. The van der Waals surface area contributed by atoms with E-state index in [-0.39, 0.29) is 12.0 Å². The van der Waals surface area contributed by atoms with Gasteiger partial charge < -0.3 is 15.5 Å². The minimum Gasteiger partial charge on any atom is -0.318 e. The topological polar surface area (TPSA) is 79.3 Å². The average Bonchev–Trinajstić information content (AvgIpc) is 3.12. The first-order valence-corrected chi connectivity index (χ1v) is 10.3. The Morgan fingerprint density at radius 2 is 1.78 bits per heavy atom. The number of aromatic nitrogens is 2. The second kappa shape index (κ2) is 9.40. The zero-order valence-electron chi connectivity index (χ0n) is 18.3. The molecule has 0 aliphatic carbocycles. The number of rotatable bonds is 5. The molecule has 168 valence electrons. The maximum atomic E-state index is 13.3. The van der Waals surface area contributed by atoms with Crippen LogP contribution in [-0.4, -0.2) is 40.2 Å². The maximum absolute atomic E-state index is 13.3. The third kappa shape index (κ3) is 5.85. The first kappa shape index (κ1) is 23.3. The minimum absolute atomic E-state index is 0.211. The Hall–Kier alpha value is -3.39. The van der Waals surface area contributed by atoms with Gasteiger partial charge in [-0.3, -0.25) is 4.79 Å². The van der Waals surface area contributed by atoms with E-state index in [4.69, 9.17) is 11.6 Å². The van der Waals surface area contributed by atoms with Crippen LogP contribution in [0.5, 0.6) is 0 Å². The number of anilines is 2. The van der Waals surface area contributed by atoms with Crippen molar-refractivity contribution in [2.75, 3.05) is 24.2 Å². The molecule has 0 saturated carbocycles. The number of benzene rings is 2. The molecule has 1 heterocycles. The molecule has 0 radical (unpaired) electrons. The molecule has 32 heavy (non-hydrogen) atoms. The van der Waals surface area contributed by atoms with Crippen molar-refractivity contribution in [3.05, 3.63) is 71.1 Å². The summed E-state index contributed by atoms with van der Waals surface area (Å²) in [5.41, 5.74) is 1.59. The SMILES string of the molecule is CN(CC(=O)Nc1cc(C(C)(C)C)nn1-c1ccc(Cl)cc1)C(=O)Nc1cccc(F)c1. The average molecular weight is 458 g/mol. The van der Waals surface area contributed by atoms with E-state index in [1.54, 1.807) is 41.1 Å². The molecule has 7 nitrogen and oxygen atoms in total. The number of nitrogens with zero attached hydrogens (tertiary/aromatic N) is 3. The highest BCUT2D eigenvalue weighted by Crippen LogP contribution is 2.26. The highest BCUT2D eigenvalue weighted by atomic mass is 35.5. The van der Waals surface area contributed by atoms with Crippen LogP contribution in [0.2, 0.25) is 5.02 Å². The van der Waals surface area contributed by atoms with Gasteiger partial charge in [0.1, 0.15) is 18.2 Å². The van der Waals surface area contributed by atoms with E-state index in [0.717, 1.165) is 11.4 Å². The van der Waals surface area contributed by atoms with Crippen molar-refractivity contribution < 1.29 is 14.0 Å². The fourth-order valence-electron chi connectivity index (χ4n) is 2.87. The molecule has 0 bridgehead atoms. The molecule has 0 unspecified atom stereocenters. The summed E-state index contributed by atoms with van der Waals surface area (Å²) in [6.45, 7) is 5.87. The summed E-state index contributed by atoms with van der Waals surface area (Å²) in [6.07, 6.45) is 0. The number of hydrogen-bond acceptors (Lipinski definition) is 3. The molecule has 0 spiro atoms. The molecule has 0 aliphatic heterocycles. The van der Waals surface area contributed by atoms with Gasteiger partial charge in [0.15, 0.2) is 0 Å². The number of hydrogen-bond donors (Lipinski definition) is 2. The van der Waals surface area contributed by atoms with E-state index < -0.39 is 17.8 Å². The monoisotopic (exact) mass is 457 g/mol. The number of nitrogens with one attached hydrogen (secondary N) is 2. The van der Waals surface area contributed by atoms with Gasteiger partial charge >= 0.3 is 6.03 Å². The van der Waals surface area contributed by atoms with Crippen LogP contribution in [0.15, 0.2) is 54.6 Å². The van der Waals surface area contributed by atoms with Gasteiger partial charge in [0.25, 0.3) is 0 Å². The fourth-order valence-corrected chi connectivity index (χ4v) is 3.00. The van der Waals surface area contributed by atoms with E-state index in [0.29, 0.717) is 16.5 Å². The van der Waals surface area contributed by atoms with Gasteiger partial charge in [-0.2, -0.15) is 5.10 Å². The summed E-state index contributed by atoms with van der Waals surface area (Å²) in [5, 5.41) is 10.6. The molecular weight excluding hydrogens is 433 g/mol. The van der Waals surface area contributed by atoms with Crippen molar-refractivity contribution in [3.8, 4) is 5.69 Å². The zero-order valence-corrected chi connectivity index (χ0v) is 19.1. The molecule has 1 aromatic heterocycles. The number of amides is 3. The van der Waals surface area contributed by atoms with Gasteiger partial charge in [-0.15, -0.1) is 0 Å². The summed E-state index contributed by atoms with van der Waals surface area (Å²) in [6, 6.07) is 13.9. The summed E-state index contributed by atoms with van der Waals surface area (Å²) in [4.78, 5) is 26.2. The van der Waals surface area contributed by atoms with Crippen molar-refractivity contribution in [3.63, 3.8) is 0 Å². The molecule has 2 N–H and O–H groups in total. The van der Waals surface area contributed by atoms with E-state index in [2.05, 4.69) is 15.7 Å². The summed E-state index contributed by atoms with van der Waals surface area (Å²) >= 11 is 5.99. The molecule has 0 fully saturated rings. The maximum Gasteiger partial charge on any atom is 0.322 e. The van der Waals surface area contributed by atoms with Crippen LogP contribution in [0.25, 0.3) is 5.69 Å². The van der Waals surface area contributed by atoms with Crippen LogP contribution in [0.4, 0.5) is 20.7 Å². The van der Waals surface area contributed by atoms with Crippen molar-refractivity contribution in [1.82, 2.24) is 14.7 Å². The third-order valence-electron chi connectivity index (χ3n) is 4.62. The summed E-state index contributed by atoms with van der Waals surface area (Å²) in [7, 11) is 1.48. The molecule has 2 aromatic carbocycles. The predicted molar refractivity (Wildman–Crippen MR) is 124 cm³/mol. The van der Waals surface area contributed by atoms with Crippen LogP contribution < -0.4 is 10.6 Å². The lowest BCUT2D eigenvalue weighted by molar-refractivity contribution is -0.116. The lowest BCUT2D eigenvalue weighted by Gasteiger charge is -2.18. The van der Waals surface area contributed by atoms with E-state index in [9.17, 15) is 14.0 Å². The van der Waals surface area contributed by atoms with Crippen molar-refractivity contribution in [1.29, 1.82) is 0 Å². The van der Waals surface area contributed by atoms with Crippen LogP contribution >= 0.6 is 11.6 Å². The first-order valence-electron chi connectivity index (χ1n) is 9.97. The van der Waals surface area contributed by atoms with E-state index in [1.807, 2.05) is 20.8 Å². The minimum atomic E-state index is -0.535. The molecule has 3 aromatic rings. The van der Waals surface area contributed by atoms with Gasteiger partial charge in [0, 0.05) is 29.2 Å². The quantitative estimate of drug-likeness (QED) is 0.561. The van der Waals surface area contributed by atoms with E-state index >= 15 is 0 Å². The van der Waals surface area contributed by atoms with Crippen LogP contribution in [-0.2, 0) is 10.2 Å². The van der Waals surface area contributed by atoms with Gasteiger partial charge in [-0.25, -0.2) is 13.9 Å².